The van der Waals surface area contributed by atoms with Crippen molar-refractivity contribution < 1.29 is 9.53 Å². The zero-order valence-corrected chi connectivity index (χ0v) is 16.2. The molecule has 5 aliphatic carbocycles. The van der Waals surface area contributed by atoms with E-state index in [0.717, 1.165) is 24.7 Å². The van der Waals surface area contributed by atoms with Crippen LogP contribution in [0.25, 0.3) is 0 Å². The van der Waals surface area contributed by atoms with Crippen molar-refractivity contribution in [3.63, 3.8) is 0 Å². The van der Waals surface area contributed by atoms with Crippen LogP contribution in [0.3, 0.4) is 0 Å². The molecule has 2 nitrogen and oxygen atoms in total. The van der Waals surface area contributed by atoms with Gasteiger partial charge in [-0.05, 0) is 85.0 Å². The fourth-order valence-electron chi connectivity index (χ4n) is 8.11. The van der Waals surface area contributed by atoms with Crippen molar-refractivity contribution in [2.75, 3.05) is 7.11 Å². The van der Waals surface area contributed by atoms with Crippen molar-refractivity contribution in [2.24, 2.45) is 46.3 Å². The van der Waals surface area contributed by atoms with E-state index in [2.05, 4.69) is 32.9 Å². The lowest BCUT2D eigenvalue weighted by molar-refractivity contribution is -0.272. The first-order valence-corrected chi connectivity index (χ1v) is 10.4. The summed E-state index contributed by atoms with van der Waals surface area (Å²) in [5.41, 5.74) is 3.33. The molecule has 0 heterocycles. The number of allylic oxidation sites excluding steroid dienone is 4. The first-order chi connectivity index (χ1) is 11.9. The zero-order valence-electron chi connectivity index (χ0n) is 16.2. The molecule has 0 aliphatic heterocycles. The van der Waals surface area contributed by atoms with Gasteiger partial charge in [0.2, 0.25) is 0 Å². The number of fused-ring (bicyclic) bond motifs is 4. The van der Waals surface area contributed by atoms with Crippen molar-refractivity contribution >= 4 is 5.97 Å². The van der Waals surface area contributed by atoms with Gasteiger partial charge in [0.05, 0.1) is 12.5 Å². The minimum Gasteiger partial charge on any atom is -0.469 e. The van der Waals surface area contributed by atoms with E-state index >= 15 is 0 Å². The summed E-state index contributed by atoms with van der Waals surface area (Å²) in [6, 6.07) is 0. The molecule has 3 unspecified atom stereocenters. The third-order valence-corrected chi connectivity index (χ3v) is 9.10. The summed E-state index contributed by atoms with van der Waals surface area (Å²) in [7, 11) is 1.60. The molecule has 136 valence electrons. The first kappa shape index (κ1) is 16.1. The monoisotopic (exact) mass is 340 g/mol. The van der Waals surface area contributed by atoms with Gasteiger partial charge in [-0.25, -0.2) is 0 Å². The van der Waals surface area contributed by atoms with Crippen molar-refractivity contribution in [2.45, 2.75) is 59.3 Å². The molecule has 3 saturated carbocycles. The Morgan fingerprint density at radius 1 is 1.28 bits per heavy atom. The third kappa shape index (κ3) is 1.79. The number of hydrogen-bond acceptors (Lipinski definition) is 2. The van der Waals surface area contributed by atoms with Crippen LogP contribution in [0.2, 0.25) is 0 Å². The van der Waals surface area contributed by atoms with E-state index in [0.29, 0.717) is 23.7 Å². The molecule has 25 heavy (non-hydrogen) atoms. The Hall–Kier alpha value is -1.05. The molecule has 0 amide bonds. The van der Waals surface area contributed by atoms with Crippen LogP contribution in [0.5, 0.6) is 0 Å². The van der Waals surface area contributed by atoms with E-state index in [1.165, 1.54) is 25.7 Å². The number of methoxy groups -OCH3 is 1. The molecule has 0 radical (unpaired) electrons. The molecule has 3 fully saturated rings. The minimum absolute atomic E-state index is 0.112. The van der Waals surface area contributed by atoms with E-state index in [-0.39, 0.29) is 16.8 Å². The molecule has 0 N–H and O–H groups in total. The predicted octanol–water partition coefficient (Wildman–Crippen LogP) is 5.15. The fourth-order valence-corrected chi connectivity index (χ4v) is 8.11. The van der Waals surface area contributed by atoms with Gasteiger partial charge in [0.1, 0.15) is 0 Å². The fraction of sp³-hybridized carbons (Fsp3) is 0.783. The summed E-state index contributed by atoms with van der Waals surface area (Å²) in [5, 5.41) is 0. The second-order valence-electron chi connectivity index (χ2n) is 10.2. The molecule has 0 aromatic heterocycles. The molecule has 0 aromatic carbocycles. The molecule has 5 rings (SSSR count). The summed E-state index contributed by atoms with van der Waals surface area (Å²) in [5.74, 6) is 4.14. The van der Waals surface area contributed by atoms with Crippen LogP contribution in [0.15, 0.2) is 23.3 Å². The lowest BCUT2D eigenvalue weighted by Crippen LogP contribution is -2.73. The van der Waals surface area contributed by atoms with E-state index in [1.807, 2.05) is 0 Å². The summed E-state index contributed by atoms with van der Waals surface area (Å²) in [6.45, 7) is 7.16. The van der Waals surface area contributed by atoms with Crippen molar-refractivity contribution in [3.05, 3.63) is 23.3 Å². The van der Waals surface area contributed by atoms with Gasteiger partial charge < -0.3 is 4.74 Å². The largest absolute Gasteiger partial charge is 0.469 e. The van der Waals surface area contributed by atoms with Gasteiger partial charge in [0.15, 0.2) is 0 Å². The van der Waals surface area contributed by atoms with Crippen LogP contribution in [-0.4, -0.2) is 13.1 Å². The normalized spacial score (nSPS) is 49.6. The topological polar surface area (TPSA) is 26.3 Å². The lowest BCUT2D eigenvalue weighted by atomic mass is 9.28. The summed E-state index contributed by atoms with van der Waals surface area (Å²) >= 11 is 0. The highest BCUT2D eigenvalue weighted by Crippen LogP contribution is 2.78. The van der Waals surface area contributed by atoms with Gasteiger partial charge in [-0.15, -0.1) is 0 Å². The number of carbonyl (C=O) groups is 1. The SMILES string of the molecule is COC(=O)[C@@]12CC3CC(C[C@@]4(C)[C@H]1CC=C1C=C(C(C)C)CC[C@@H]14)C32. The highest BCUT2D eigenvalue weighted by molar-refractivity contribution is 5.80. The molecule has 7 atom stereocenters. The Morgan fingerprint density at radius 2 is 2.04 bits per heavy atom. The number of esters is 1. The highest BCUT2D eigenvalue weighted by atomic mass is 16.5. The quantitative estimate of drug-likeness (QED) is 0.650. The third-order valence-electron chi connectivity index (χ3n) is 9.10. The van der Waals surface area contributed by atoms with Crippen LogP contribution >= 0.6 is 0 Å². The van der Waals surface area contributed by atoms with Gasteiger partial charge in [-0.3, -0.25) is 4.79 Å². The van der Waals surface area contributed by atoms with Crippen molar-refractivity contribution in [1.82, 2.24) is 0 Å². The zero-order chi connectivity index (χ0) is 17.6. The standard InChI is InChI=1S/C23H32O2/c1-13(2)14-5-7-18-15(9-14)6-8-19-22(18,3)11-16-10-17-12-23(19,20(16)17)21(24)25-4/h6,9,13,16-20H,5,7-8,10-12H2,1-4H3/t16?,17?,18-,19+,20?,22+,23-/m0/s1. The molecule has 2 heteroatoms. The van der Waals surface area contributed by atoms with E-state index in [9.17, 15) is 4.79 Å². The lowest BCUT2D eigenvalue weighted by Gasteiger charge is -2.75. The van der Waals surface area contributed by atoms with Gasteiger partial charge >= 0.3 is 5.97 Å². The molecule has 0 spiro atoms. The van der Waals surface area contributed by atoms with E-state index < -0.39 is 0 Å². The number of carbonyl (C=O) groups excluding carboxylic acids is 1. The van der Waals surface area contributed by atoms with Crippen LogP contribution < -0.4 is 0 Å². The summed E-state index contributed by atoms with van der Waals surface area (Å²) in [4.78, 5) is 13.0. The smallest absolute Gasteiger partial charge is 0.312 e. The Balaban J connectivity index is 1.57. The maximum atomic E-state index is 13.0. The molecule has 5 aliphatic rings. The van der Waals surface area contributed by atoms with Crippen LogP contribution in [-0.2, 0) is 9.53 Å². The molecule has 0 saturated heterocycles. The maximum Gasteiger partial charge on any atom is 0.312 e. The van der Waals surface area contributed by atoms with E-state index in [1.54, 1.807) is 18.3 Å². The average Bonchev–Trinajstić information content (AvgIpc) is 2.56. The Kier molecular flexibility index (Phi) is 3.24. The second kappa shape index (κ2) is 5.02. The average molecular weight is 341 g/mol. The Labute approximate surface area is 152 Å². The summed E-state index contributed by atoms with van der Waals surface area (Å²) in [6.07, 6.45) is 12.4. The van der Waals surface area contributed by atoms with Crippen molar-refractivity contribution in [1.29, 1.82) is 0 Å². The van der Waals surface area contributed by atoms with E-state index in [4.69, 9.17) is 4.74 Å². The summed E-state index contributed by atoms with van der Waals surface area (Å²) < 4.78 is 5.39. The highest BCUT2D eigenvalue weighted by Gasteiger charge is 2.76. The van der Waals surface area contributed by atoms with Gasteiger partial charge in [0, 0.05) is 0 Å². The van der Waals surface area contributed by atoms with Gasteiger partial charge in [0.25, 0.3) is 0 Å². The molecule has 0 bridgehead atoms. The Morgan fingerprint density at radius 3 is 2.72 bits per heavy atom. The first-order valence-electron chi connectivity index (χ1n) is 10.4. The number of ether oxygens (including phenoxy) is 1. The Bertz CT molecular complexity index is 686. The van der Waals surface area contributed by atoms with Crippen molar-refractivity contribution in [3.8, 4) is 0 Å². The number of rotatable bonds is 2. The van der Waals surface area contributed by atoms with Crippen LogP contribution in [0.1, 0.15) is 59.3 Å². The van der Waals surface area contributed by atoms with Gasteiger partial charge in [-0.1, -0.05) is 38.5 Å². The van der Waals surface area contributed by atoms with Gasteiger partial charge in [-0.2, -0.15) is 0 Å². The molecule has 0 aromatic rings. The second-order valence-corrected chi connectivity index (χ2v) is 10.2. The predicted molar refractivity (Wildman–Crippen MR) is 98.7 cm³/mol. The molecular formula is C23H32O2. The minimum atomic E-state index is -0.153. The maximum absolute atomic E-state index is 13.0. The molecular weight excluding hydrogens is 308 g/mol. The van der Waals surface area contributed by atoms with Crippen LogP contribution in [0.4, 0.5) is 0 Å². The van der Waals surface area contributed by atoms with Crippen LogP contribution in [0, 0.1) is 46.3 Å². The number of hydrogen-bond donors (Lipinski definition) is 0.